The van der Waals surface area contributed by atoms with Crippen molar-refractivity contribution in [3.05, 3.63) is 0 Å². The zero-order chi connectivity index (χ0) is 4.99. The Balaban J connectivity index is -0.0000000417. The molecule has 0 radical (unpaired) electrons. The summed E-state index contributed by atoms with van der Waals surface area (Å²) in [4.78, 5) is 0. The molecular formula is C4H9Br3OZr. The van der Waals surface area contributed by atoms with Crippen LogP contribution in [0, 0.1) is 5.92 Å². The molecule has 0 aromatic heterocycles. The SMILES string of the molecule is CC(C)C[O][Zr+3].[Br-].[Br-].[Br-]. The molecule has 0 aliphatic carbocycles. The molecule has 0 heterocycles. The Morgan fingerprint density at radius 1 is 1.22 bits per heavy atom. The largest absolute Gasteiger partial charge is 1.00 e. The number of hydrogen-bond acceptors (Lipinski definition) is 1. The van der Waals surface area contributed by atoms with Gasteiger partial charge in [-0.25, -0.2) is 0 Å². The quantitative estimate of drug-likeness (QED) is 0.445. The zero-order valence-electron chi connectivity index (χ0n) is 5.33. The van der Waals surface area contributed by atoms with E-state index in [1.807, 2.05) is 0 Å². The second-order valence-corrected chi connectivity index (χ2v) is 2.41. The third-order valence-corrected chi connectivity index (χ3v) is 0.826. The Morgan fingerprint density at radius 2 is 1.56 bits per heavy atom. The summed E-state index contributed by atoms with van der Waals surface area (Å²) in [5.74, 6) is 0.698. The minimum atomic E-state index is 0. The van der Waals surface area contributed by atoms with Gasteiger partial charge in [-0.05, 0) is 0 Å². The molecule has 0 spiro atoms. The first-order valence-corrected chi connectivity index (χ1v) is 3.06. The molecule has 0 atom stereocenters. The zero-order valence-corrected chi connectivity index (χ0v) is 12.5. The Hall–Kier alpha value is 2.28. The molecule has 9 heavy (non-hydrogen) atoms. The molecule has 0 aromatic carbocycles. The monoisotopic (exact) mass is 400 g/mol. The molecule has 0 saturated heterocycles. The van der Waals surface area contributed by atoms with E-state index in [0.717, 1.165) is 6.61 Å². The summed E-state index contributed by atoms with van der Waals surface area (Å²) in [5.41, 5.74) is 0. The van der Waals surface area contributed by atoms with E-state index in [0.29, 0.717) is 5.92 Å². The molecule has 56 valence electrons. The third kappa shape index (κ3) is 25.3. The van der Waals surface area contributed by atoms with Crippen LogP contribution in [0.5, 0.6) is 0 Å². The van der Waals surface area contributed by atoms with E-state index in [-0.39, 0.29) is 50.9 Å². The van der Waals surface area contributed by atoms with Gasteiger partial charge in [0.2, 0.25) is 0 Å². The molecule has 0 rings (SSSR count). The molecule has 5 heteroatoms. The predicted octanol–water partition coefficient (Wildman–Crippen LogP) is -7.87. The summed E-state index contributed by atoms with van der Waals surface area (Å²) in [6.07, 6.45) is 0. The normalized spacial score (nSPS) is 6.78. The van der Waals surface area contributed by atoms with Gasteiger partial charge in [0.25, 0.3) is 0 Å². The first-order valence-electron chi connectivity index (χ1n) is 2.06. The Kier molecular flexibility index (Phi) is 41.8. The average molecular weight is 404 g/mol. The van der Waals surface area contributed by atoms with Gasteiger partial charge in [0.1, 0.15) is 0 Å². The summed E-state index contributed by atoms with van der Waals surface area (Å²) in [7, 11) is 0. The van der Waals surface area contributed by atoms with Crippen LogP contribution in [0.3, 0.4) is 0 Å². The van der Waals surface area contributed by atoms with Crippen molar-refractivity contribution in [3.8, 4) is 0 Å². The molecule has 0 saturated carbocycles. The van der Waals surface area contributed by atoms with Crippen LogP contribution in [0.25, 0.3) is 0 Å². The van der Waals surface area contributed by atoms with E-state index < -0.39 is 0 Å². The van der Waals surface area contributed by atoms with Crippen LogP contribution in [-0.2, 0) is 28.0 Å². The van der Waals surface area contributed by atoms with Gasteiger partial charge in [0, 0.05) is 0 Å². The van der Waals surface area contributed by atoms with E-state index in [9.17, 15) is 0 Å². The third-order valence-electron chi connectivity index (χ3n) is 0.417. The molecule has 1 nitrogen and oxygen atoms in total. The molecule has 0 amide bonds. The topological polar surface area (TPSA) is 9.23 Å². The van der Waals surface area contributed by atoms with Crippen molar-refractivity contribution in [1.82, 2.24) is 0 Å². The fraction of sp³-hybridized carbons (Fsp3) is 1.00. The van der Waals surface area contributed by atoms with Crippen LogP contribution in [0.15, 0.2) is 0 Å². The van der Waals surface area contributed by atoms with Crippen LogP contribution in [0.2, 0.25) is 0 Å². The Labute approximate surface area is 104 Å². The van der Waals surface area contributed by atoms with Crippen LogP contribution in [0.1, 0.15) is 13.8 Å². The first-order chi connectivity index (χ1) is 2.77. The van der Waals surface area contributed by atoms with E-state index in [2.05, 4.69) is 13.8 Å². The number of hydrogen-bond donors (Lipinski definition) is 0. The van der Waals surface area contributed by atoms with E-state index in [4.69, 9.17) is 2.81 Å². The molecule has 0 bridgehead atoms. The van der Waals surface area contributed by atoms with Crippen molar-refractivity contribution in [1.29, 1.82) is 0 Å². The second-order valence-electron chi connectivity index (χ2n) is 1.70. The van der Waals surface area contributed by atoms with Gasteiger partial charge in [-0.1, -0.05) is 0 Å². The van der Waals surface area contributed by atoms with Crippen LogP contribution in [0.4, 0.5) is 0 Å². The fourth-order valence-electron chi connectivity index (χ4n) is 0.167. The molecule has 0 N–H and O–H groups in total. The van der Waals surface area contributed by atoms with Crippen LogP contribution < -0.4 is 50.9 Å². The van der Waals surface area contributed by atoms with E-state index >= 15 is 0 Å². The summed E-state index contributed by atoms with van der Waals surface area (Å²) < 4.78 is 4.89. The molecule has 0 unspecified atom stereocenters. The number of halogens is 3. The minimum absolute atomic E-state index is 0. The minimum Gasteiger partial charge on any atom is -1.00 e. The van der Waals surface area contributed by atoms with Crippen LogP contribution in [-0.4, -0.2) is 6.61 Å². The van der Waals surface area contributed by atoms with Crippen molar-refractivity contribution in [2.45, 2.75) is 13.8 Å². The van der Waals surface area contributed by atoms with Gasteiger partial charge in [-0.3, -0.25) is 0 Å². The van der Waals surface area contributed by atoms with Gasteiger partial charge in [-0.2, -0.15) is 0 Å². The Bertz CT molecular complexity index is 37.0. The first kappa shape index (κ1) is 22.5. The van der Waals surface area contributed by atoms with Crippen molar-refractivity contribution in [3.63, 3.8) is 0 Å². The molecule has 0 fully saturated rings. The molecule has 0 aliphatic heterocycles. The summed E-state index contributed by atoms with van der Waals surface area (Å²) in [5, 5.41) is 0. The second kappa shape index (κ2) is 16.7. The standard InChI is InChI=1S/C4H9O.3BrH.Zr/c1-4(2)3-5;;;;/h4H,3H2,1-2H3;3*1H;/q-1;;;;+4/p-3. The van der Waals surface area contributed by atoms with Gasteiger partial charge in [0.05, 0.1) is 0 Å². The van der Waals surface area contributed by atoms with Crippen molar-refractivity contribution in [2.24, 2.45) is 5.92 Å². The van der Waals surface area contributed by atoms with Gasteiger partial charge < -0.3 is 50.9 Å². The molecular weight excluding hydrogens is 395 g/mol. The predicted molar refractivity (Wildman–Crippen MR) is 20.8 cm³/mol. The van der Waals surface area contributed by atoms with E-state index in [1.165, 1.54) is 25.2 Å². The van der Waals surface area contributed by atoms with Gasteiger partial charge in [0.15, 0.2) is 0 Å². The van der Waals surface area contributed by atoms with E-state index in [1.54, 1.807) is 0 Å². The van der Waals surface area contributed by atoms with Crippen LogP contribution >= 0.6 is 0 Å². The summed E-state index contributed by atoms with van der Waals surface area (Å²) in [6.45, 7) is 5.20. The van der Waals surface area contributed by atoms with Crippen molar-refractivity contribution < 1.29 is 78.9 Å². The van der Waals surface area contributed by atoms with Crippen molar-refractivity contribution >= 4 is 0 Å². The van der Waals surface area contributed by atoms with Gasteiger partial charge >= 0.3 is 54.3 Å². The summed E-state index contributed by atoms with van der Waals surface area (Å²) in [6, 6.07) is 0. The smallest absolute Gasteiger partial charge is 1.00 e. The Morgan fingerprint density at radius 3 is 1.56 bits per heavy atom. The molecule has 0 aliphatic rings. The fourth-order valence-corrected chi connectivity index (χ4v) is 0.986. The number of rotatable bonds is 2. The average Bonchev–Trinajstić information content (AvgIpc) is 1.35. The maximum atomic E-state index is 4.89. The maximum absolute atomic E-state index is 4.89. The summed E-state index contributed by atoms with van der Waals surface area (Å²) >= 11 is 1.18. The molecule has 0 aromatic rings. The maximum Gasteiger partial charge on any atom is -1.00 e. The van der Waals surface area contributed by atoms with Crippen molar-refractivity contribution in [2.75, 3.05) is 6.61 Å². The van der Waals surface area contributed by atoms with Gasteiger partial charge in [-0.15, -0.1) is 0 Å².